The van der Waals surface area contributed by atoms with Crippen LogP contribution in [0.5, 0.6) is 0 Å². The van der Waals surface area contributed by atoms with E-state index in [2.05, 4.69) is 6.58 Å². The minimum absolute atomic E-state index is 0.0779. The SMILES string of the molecule is C=CC(=O)N(CCCCO)CCCCO. The van der Waals surface area contributed by atoms with Crippen molar-refractivity contribution in [3.05, 3.63) is 12.7 Å². The second-order valence-corrected chi connectivity index (χ2v) is 3.39. The van der Waals surface area contributed by atoms with Crippen molar-refractivity contribution in [2.24, 2.45) is 0 Å². The third kappa shape index (κ3) is 7.11. The van der Waals surface area contributed by atoms with Gasteiger partial charge in [-0.1, -0.05) is 6.58 Å². The van der Waals surface area contributed by atoms with Gasteiger partial charge in [-0.2, -0.15) is 0 Å². The Morgan fingerprint density at radius 2 is 1.53 bits per heavy atom. The Kier molecular flexibility index (Phi) is 9.11. The number of amides is 1. The van der Waals surface area contributed by atoms with Crippen molar-refractivity contribution in [3.63, 3.8) is 0 Å². The highest BCUT2D eigenvalue weighted by atomic mass is 16.3. The zero-order valence-electron chi connectivity index (χ0n) is 9.19. The molecular formula is C11H21NO3. The lowest BCUT2D eigenvalue weighted by molar-refractivity contribution is -0.126. The molecule has 0 aliphatic heterocycles. The van der Waals surface area contributed by atoms with Crippen LogP contribution in [0, 0.1) is 0 Å². The Morgan fingerprint density at radius 3 is 1.87 bits per heavy atom. The monoisotopic (exact) mass is 215 g/mol. The Balaban J connectivity index is 3.84. The number of carbonyl (C=O) groups is 1. The lowest BCUT2D eigenvalue weighted by atomic mass is 10.2. The van der Waals surface area contributed by atoms with Crippen LogP contribution in [0.1, 0.15) is 25.7 Å². The van der Waals surface area contributed by atoms with Crippen LogP contribution >= 0.6 is 0 Å². The Hall–Kier alpha value is -0.870. The lowest BCUT2D eigenvalue weighted by Gasteiger charge is -2.20. The summed E-state index contributed by atoms with van der Waals surface area (Å²) in [5.74, 6) is -0.0779. The summed E-state index contributed by atoms with van der Waals surface area (Å²) in [5.41, 5.74) is 0. The molecule has 0 aliphatic carbocycles. The van der Waals surface area contributed by atoms with Gasteiger partial charge in [0.2, 0.25) is 5.91 Å². The standard InChI is InChI=1S/C11H21NO3/c1-2-11(15)12(7-3-5-9-13)8-4-6-10-14/h2,13-14H,1,3-10H2. The molecule has 15 heavy (non-hydrogen) atoms. The van der Waals surface area contributed by atoms with Gasteiger partial charge in [-0.3, -0.25) is 4.79 Å². The number of aliphatic hydroxyl groups is 2. The van der Waals surface area contributed by atoms with Gasteiger partial charge in [0.25, 0.3) is 0 Å². The Bertz CT molecular complexity index is 173. The first-order valence-corrected chi connectivity index (χ1v) is 5.39. The van der Waals surface area contributed by atoms with Crippen LogP contribution < -0.4 is 0 Å². The molecular weight excluding hydrogens is 194 g/mol. The molecule has 0 saturated heterocycles. The number of hydrogen-bond acceptors (Lipinski definition) is 3. The number of aliphatic hydroxyl groups excluding tert-OH is 2. The largest absolute Gasteiger partial charge is 0.396 e. The fourth-order valence-corrected chi connectivity index (χ4v) is 1.29. The maximum absolute atomic E-state index is 11.4. The number of unbranched alkanes of at least 4 members (excludes halogenated alkanes) is 2. The molecule has 2 N–H and O–H groups in total. The molecule has 0 aromatic carbocycles. The second kappa shape index (κ2) is 9.68. The minimum Gasteiger partial charge on any atom is -0.396 e. The molecule has 4 heteroatoms. The van der Waals surface area contributed by atoms with Crippen molar-refractivity contribution >= 4 is 5.91 Å². The molecule has 0 bridgehead atoms. The third-order valence-electron chi connectivity index (χ3n) is 2.16. The molecule has 88 valence electrons. The van der Waals surface area contributed by atoms with Crippen LogP contribution in [0.3, 0.4) is 0 Å². The van der Waals surface area contributed by atoms with E-state index in [-0.39, 0.29) is 19.1 Å². The van der Waals surface area contributed by atoms with Gasteiger partial charge in [0.1, 0.15) is 0 Å². The molecule has 0 radical (unpaired) electrons. The summed E-state index contributed by atoms with van der Waals surface area (Å²) in [6.07, 6.45) is 4.32. The summed E-state index contributed by atoms with van der Waals surface area (Å²) >= 11 is 0. The molecule has 1 amide bonds. The van der Waals surface area contributed by atoms with Gasteiger partial charge >= 0.3 is 0 Å². The maximum Gasteiger partial charge on any atom is 0.245 e. The molecule has 0 saturated carbocycles. The van der Waals surface area contributed by atoms with Crippen LogP contribution in [-0.2, 0) is 4.79 Å². The van der Waals surface area contributed by atoms with Gasteiger partial charge in [-0.25, -0.2) is 0 Å². The summed E-state index contributed by atoms with van der Waals surface area (Å²) in [6.45, 7) is 5.07. The van der Waals surface area contributed by atoms with Crippen molar-refractivity contribution in [2.75, 3.05) is 26.3 Å². The van der Waals surface area contributed by atoms with E-state index in [0.29, 0.717) is 25.9 Å². The van der Waals surface area contributed by atoms with Crippen molar-refractivity contribution in [2.45, 2.75) is 25.7 Å². The molecule has 0 aromatic rings. The first kappa shape index (κ1) is 14.1. The topological polar surface area (TPSA) is 60.8 Å². The molecule has 0 fully saturated rings. The zero-order valence-corrected chi connectivity index (χ0v) is 9.19. The van der Waals surface area contributed by atoms with E-state index in [9.17, 15) is 4.79 Å². The molecule has 0 unspecified atom stereocenters. The van der Waals surface area contributed by atoms with Gasteiger partial charge in [-0.05, 0) is 31.8 Å². The minimum atomic E-state index is -0.0779. The van der Waals surface area contributed by atoms with Crippen LogP contribution in [0.15, 0.2) is 12.7 Å². The summed E-state index contributed by atoms with van der Waals surface area (Å²) in [7, 11) is 0. The Labute approximate surface area is 91.2 Å². The predicted octanol–water partition coefficient (Wildman–Crippen LogP) is 0.546. The Morgan fingerprint density at radius 1 is 1.07 bits per heavy atom. The van der Waals surface area contributed by atoms with E-state index in [0.717, 1.165) is 12.8 Å². The van der Waals surface area contributed by atoms with Crippen LogP contribution in [0.25, 0.3) is 0 Å². The summed E-state index contributed by atoms with van der Waals surface area (Å²) in [4.78, 5) is 13.1. The zero-order chi connectivity index (χ0) is 11.5. The van der Waals surface area contributed by atoms with Crippen molar-refractivity contribution in [1.29, 1.82) is 0 Å². The van der Waals surface area contributed by atoms with Crippen LogP contribution in [0.2, 0.25) is 0 Å². The average Bonchev–Trinajstić information content (AvgIpc) is 2.26. The molecule has 0 atom stereocenters. The van der Waals surface area contributed by atoms with E-state index in [1.165, 1.54) is 6.08 Å². The summed E-state index contributed by atoms with van der Waals surface area (Å²) in [5, 5.41) is 17.3. The maximum atomic E-state index is 11.4. The van der Waals surface area contributed by atoms with Crippen molar-refractivity contribution in [1.82, 2.24) is 4.90 Å². The van der Waals surface area contributed by atoms with Gasteiger partial charge < -0.3 is 15.1 Å². The molecule has 0 heterocycles. The predicted molar refractivity (Wildman–Crippen MR) is 59.4 cm³/mol. The molecule has 0 rings (SSSR count). The smallest absolute Gasteiger partial charge is 0.245 e. The second-order valence-electron chi connectivity index (χ2n) is 3.39. The van der Waals surface area contributed by atoms with E-state index < -0.39 is 0 Å². The third-order valence-corrected chi connectivity index (χ3v) is 2.16. The van der Waals surface area contributed by atoms with Gasteiger partial charge in [-0.15, -0.1) is 0 Å². The van der Waals surface area contributed by atoms with Crippen molar-refractivity contribution in [3.8, 4) is 0 Å². The molecule has 0 aromatic heterocycles. The fourth-order valence-electron chi connectivity index (χ4n) is 1.29. The average molecular weight is 215 g/mol. The molecule has 0 aliphatic rings. The van der Waals surface area contributed by atoms with Crippen LogP contribution in [0.4, 0.5) is 0 Å². The first-order valence-electron chi connectivity index (χ1n) is 5.39. The summed E-state index contributed by atoms with van der Waals surface area (Å²) in [6, 6.07) is 0. The van der Waals surface area contributed by atoms with Gasteiger partial charge in [0.05, 0.1) is 0 Å². The van der Waals surface area contributed by atoms with E-state index in [1.54, 1.807) is 4.90 Å². The quantitative estimate of drug-likeness (QED) is 0.436. The number of carbonyl (C=O) groups excluding carboxylic acids is 1. The lowest BCUT2D eigenvalue weighted by Crippen LogP contribution is -2.31. The molecule has 0 spiro atoms. The highest BCUT2D eigenvalue weighted by Crippen LogP contribution is 2.00. The van der Waals surface area contributed by atoms with E-state index in [4.69, 9.17) is 10.2 Å². The van der Waals surface area contributed by atoms with E-state index in [1.807, 2.05) is 0 Å². The summed E-state index contributed by atoms with van der Waals surface area (Å²) < 4.78 is 0. The van der Waals surface area contributed by atoms with Crippen LogP contribution in [-0.4, -0.2) is 47.3 Å². The van der Waals surface area contributed by atoms with Gasteiger partial charge in [0.15, 0.2) is 0 Å². The fraction of sp³-hybridized carbons (Fsp3) is 0.727. The number of hydrogen-bond donors (Lipinski definition) is 2. The first-order chi connectivity index (χ1) is 7.26. The highest BCUT2D eigenvalue weighted by Gasteiger charge is 2.08. The normalized spacial score (nSPS) is 10.0. The van der Waals surface area contributed by atoms with Gasteiger partial charge in [0, 0.05) is 26.3 Å². The highest BCUT2D eigenvalue weighted by molar-refractivity contribution is 5.86. The van der Waals surface area contributed by atoms with Crippen molar-refractivity contribution < 1.29 is 15.0 Å². The number of nitrogens with zero attached hydrogens (tertiary/aromatic N) is 1. The van der Waals surface area contributed by atoms with E-state index >= 15 is 0 Å². The number of rotatable bonds is 9. The molecule has 4 nitrogen and oxygen atoms in total.